The molecule has 1 saturated carbocycles. The van der Waals surface area contributed by atoms with Crippen LogP contribution >= 0.6 is 11.6 Å². The zero-order chi connectivity index (χ0) is 14.8. The summed E-state index contributed by atoms with van der Waals surface area (Å²) in [6.45, 7) is 0.979. The van der Waals surface area contributed by atoms with Gasteiger partial charge in [-0.05, 0) is 55.2 Å². The minimum Gasteiger partial charge on any atom is -0.396 e. The van der Waals surface area contributed by atoms with Gasteiger partial charge in [-0.3, -0.25) is 0 Å². The van der Waals surface area contributed by atoms with Crippen molar-refractivity contribution in [3.63, 3.8) is 0 Å². The fraction of sp³-hybridized carbons (Fsp3) is 0.471. The van der Waals surface area contributed by atoms with Crippen molar-refractivity contribution in [2.75, 3.05) is 17.6 Å². The van der Waals surface area contributed by atoms with Crippen LogP contribution < -0.4 is 11.1 Å². The van der Waals surface area contributed by atoms with Gasteiger partial charge in [0.05, 0.1) is 28.4 Å². The molecule has 2 aliphatic rings. The minimum absolute atomic E-state index is 0.143. The Morgan fingerprint density at radius 1 is 1.33 bits per heavy atom. The molecule has 0 heterocycles. The SMILES string of the molecule is N#CC1CC=C(c2ccc(NCC3CC3)c(N)c2Cl)CC1. The molecule has 0 aliphatic heterocycles. The van der Waals surface area contributed by atoms with Crippen molar-refractivity contribution in [1.82, 2.24) is 0 Å². The highest BCUT2D eigenvalue weighted by Crippen LogP contribution is 2.39. The molecular formula is C17H20ClN3. The maximum absolute atomic E-state index is 8.96. The summed E-state index contributed by atoms with van der Waals surface area (Å²) in [6, 6.07) is 6.40. The smallest absolute Gasteiger partial charge is 0.0745 e. The van der Waals surface area contributed by atoms with Crippen LogP contribution in [0.1, 0.15) is 37.7 Å². The molecule has 4 heteroatoms. The maximum Gasteiger partial charge on any atom is 0.0745 e. The predicted octanol–water partition coefficient (Wildman–Crippen LogP) is 4.45. The molecule has 21 heavy (non-hydrogen) atoms. The van der Waals surface area contributed by atoms with Crippen molar-refractivity contribution >= 4 is 28.5 Å². The molecule has 0 radical (unpaired) electrons. The number of nitrogens with zero attached hydrogens (tertiary/aromatic N) is 1. The van der Waals surface area contributed by atoms with Crippen LogP contribution in [0, 0.1) is 23.2 Å². The number of anilines is 2. The lowest BCUT2D eigenvalue weighted by Gasteiger charge is -2.19. The van der Waals surface area contributed by atoms with E-state index in [4.69, 9.17) is 22.6 Å². The molecule has 1 aromatic rings. The Hall–Kier alpha value is -1.66. The first-order valence-corrected chi connectivity index (χ1v) is 7.97. The van der Waals surface area contributed by atoms with E-state index in [2.05, 4.69) is 17.5 Å². The molecule has 3 nitrogen and oxygen atoms in total. The van der Waals surface area contributed by atoms with Crippen LogP contribution in [0.15, 0.2) is 18.2 Å². The summed E-state index contributed by atoms with van der Waals surface area (Å²) in [5, 5.41) is 13.0. The number of nitrogens with two attached hydrogens (primary N) is 1. The lowest BCUT2D eigenvalue weighted by molar-refractivity contribution is 0.604. The number of allylic oxidation sites excluding steroid dienone is 2. The van der Waals surface area contributed by atoms with Gasteiger partial charge in [0.25, 0.3) is 0 Å². The van der Waals surface area contributed by atoms with E-state index >= 15 is 0 Å². The van der Waals surface area contributed by atoms with Gasteiger partial charge < -0.3 is 11.1 Å². The van der Waals surface area contributed by atoms with Crippen molar-refractivity contribution in [2.45, 2.75) is 32.1 Å². The van der Waals surface area contributed by atoms with Crippen molar-refractivity contribution in [3.05, 3.63) is 28.8 Å². The number of hydrogen-bond donors (Lipinski definition) is 2. The molecule has 1 unspecified atom stereocenters. The molecule has 1 aromatic carbocycles. The van der Waals surface area contributed by atoms with Gasteiger partial charge in [0.1, 0.15) is 0 Å². The minimum atomic E-state index is 0.143. The standard InChI is InChI=1S/C17H20ClN3/c18-16-14(13-5-3-11(9-19)4-6-13)7-8-15(17(16)20)21-10-12-1-2-12/h5,7-8,11-12,21H,1-4,6,10,20H2. The Labute approximate surface area is 130 Å². The third-order valence-electron chi connectivity index (χ3n) is 4.40. The molecule has 0 bridgehead atoms. The van der Waals surface area contributed by atoms with E-state index in [1.54, 1.807) is 0 Å². The van der Waals surface area contributed by atoms with Crippen molar-refractivity contribution in [1.29, 1.82) is 5.26 Å². The molecule has 1 atom stereocenters. The lowest BCUT2D eigenvalue weighted by atomic mass is 9.87. The van der Waals surface area contributed by atoms with E-state index in [1.807, 2.05) is 12.1 Å². The average molecular weight is 302 g/mol. The molecule has 3 rings (SSSR count). The zero-order valence-corrected chi connectivity index (χ0v) is 12.8. The van der Waals surface area contributed by atoms with E-state index < -0.39 is 0 Å². The first kappa shape index (κ1) is 14.3. The fourth-order valence-electron chi connectivity index (χ4n) is 2.77. The highest BCUT2D eigenvalue weighted by molar-refractivity contribution is 6.35. The number of nitrogen functional groups attached to an aromatic ring is 1. The Balaban J connectivity index is 1.78. The van der Waals surface area contributed by atoms with Crippen LogP contribution in [-0.2, 0) is 0 Å². The molecule has 0 saturated heterocycles. The van der Waals surface area contributed by atoms with Crippen LogP contribution in [0.4, 0.5) is 11.4 Å². The summed E-state index contributed by atoms with van der Waals surface area (Å²) in [5.41, 5.74) is 9.98. The Bertz CT molecular complexity index is 611. The van der Waals surface area contributed by atoms with Crippen LogP contribution in [0.3, 0.4) is 0 Å². The highest BCUT2D eigenvalue weighted by atomic mass is 35.5. The van der Waals surface area contributed by atoms with E-state index in [9.17, 15) is 0 Å². The largest absolute Gasteiger partial charge is 0.396 e. The number of benzene rings is 1. The zero-order valence-electron chi connectivity index (χ0n) is 12.0. The third-order valence-corrected chi connectivity index (χ3v) is 4.80. The van der Waals surface area contributed by atoms with Crippen LogP contribution in [0.25, 0.3) is 5.57 Å². The van der Waals surface area contributed by atoms with Gasteiger partial charge in [0.15, 0.2) is 0 Å². The van der Waals surface area contributed by atoms with Gasteiger partial charge in [0, 0.05) is 6.54 Å². The summed E-state index contributed by atoms with van der Waals surface area (Å²) < 4.78 is 0. The second kappa shape index (κ2) is 5.99. The normalized spacial score (nSPS) is 21.5. The number of rotatable bonds is 4. The van der Waals surface area contributed by atoms with Crippen LogP contribution in [0.2, 0.25) is 5.02 Å². The molecule has 0 aromatic heterocycles. The molecule has 1 fully saturated rings. The van der Waals surface area contributed by atoms with E-state index in [1.165, 1.54) is 18.4 Å². The number of halogens is 1. The first-order chi connectivity index (χ1) is 10.2. The maximum atomic E-state index is 8.96. The Morgan fingerprint density at radius 3 is 2.76 bits per heavy atom. The molecular weight excluding hydrogens is 282 g/mol. The van der Waals surface area contributed by atoms with Gasteiger partial charge in [-0.2, -0.15) is 5.26 Å². The first-order valence-electron chi connectivity index (χ1n) is 7.60. The molecule has 3 N–H and O–H groups in total. The lowest BCUT2D eigenvalue weighted by Crippen LogP contribution is -2.07. The van der Waals surface area contributed by atoms with E-state index in [0.29, 0.717) is 10.7 Å². The summed E-state index contributed by atoms with van der Waals surface area (Å²) >= 11 is 6.46. The highest BCUT2D eigenvalue weighted by Gasteiger charge is 2.22. The quantitative estimate of drug-likeness (QED) is 0.808. The van der Waals surface area contributed by atoms with Gasteiger partial charge >= 0.3 is 0 Å². The summed E-state index contributed by atoms with van der Waals surface area (Å²) in [7, 11) is 0. The van der Waals surface area contributed by atoms with Gasteiger partial charge in [-0.15, -0.1) is 0 Å². The summed E-state index contributed by atoms with van der Waals surface area (Å²) in [6.07, 6.45) is 7.36. The number of nitrogens with one attached hydrogen (secondary N) is 1. The average Bonchev–Trinajstić information content (AvgIpc) is 3.33. The summed E-state index contributed by atoms with van der Waals surface area (Å²) in [5.74, 6) is 0.941. The summed E-state index contributed by atoms with van der Waals surface area (Å²) in [4.78, 5) is 0. The monoisotopic (exact) mass is 301 g/mol. The number of hydrogen-bond acceptors (Lipinski definition) is 3. The van der Waals surface area contributed by atoms with Gasteiger partial charge in [-0.25, -0.2) is 0 Å². The number of nitriles is 1. The third kappa shape index (κ3) is 3.16. The van der Waals surface area contributed by atoms with Crippen molar-refractivity contribution in [3.8, 4) is 6.07 Å². The second-order valence-corrected chi connectivity index (χ2v) is 6.42. The van der Waals surface area contributed by atoms with Crippen molar-refractivity contribution in [2.24, 2.45) is 11.8 Å². The van der Waals surface area contributed by atoms with Gasteiger partial charge in [-0.1, -0.05) is 23.7 Å². The molecule has 2 aliphatic carbocycles. The Kier molecular flexibility index (Phi) is 4.07. The van der Waals surface area contributed by atoms with E-state index in [-0.39, 0.29) is 5.92 Å². The van der Waals surface area contributed by atoms with E-state index in [0.717, 1.165) is 43.0 Å². The topological polar surface area (TPSA) is 61.8 Å². The molecule has 0 amide bonds. The van der Waals surface area contributed by atoms with Crippen molar-refractivity contribution < 1.29 is 0 Å². The second-order valence-electron chi connectivity index (χ2n) is 6.04. The predicted molar refractivity (Wildman–Crippen MR) is 88.0 cm³/mol. The van der Waals surface area contributed by atoms with Crippen LogP contribution in [-0.4, -0.2) is 6.54 Å². The van der Waals surface area contributed by atoms with Gasteiger partial charge in [0.2, 0.25) is 0 Å². The molecule has 0 spiro atoms. The fourth-order valence-corrected chi connectivity index (χ4v) is 3.05. The van der Waals surface area contributed by atoms with Crippen LogP contribution in [0.5, 0.6) is 0 Å². The Morgan fingerprint density at radius 2 is 2.14 bits per heavy atom. The molecule has 110 valence electrons.